The van der Waals surface area contributed by atoms with Gasteiger partial charge >= 0.3 is 0 Å². The maximum absolute atomic E-state index is 9.77. The normalized spacial score (nSPS) is 11.7. The highest BCUT2D eigenvalue weighted by atomic mass is 79.9. The molecule has 2 rings (SSSR count). The topological polar surface area (TPSA) is 53.2 Å². The van der Waals surface area contributed by atoms with Crippen LogP contribution in [0.2, 0.25) is 0 Å². The van der Waals surface area contributed by atoms with Crippen LogP contribution >= 0.6 is 15.9 Å². The Morgan fingerprint density at radius 2 is 1.95 bits per heavy atom. The molecule has 3 nitrogen and oxygen atoms in total. The number of ether oxygens (including phenoxy) is 1. The molecule has 2 aromatic rings. The van der Waals surface area contributed by atoms with Gasteiger partial charge in [-0.05, 0) is 37.3 Å². The van der Waals surface area contributed by atoms with Crippen molar-refractivity contribution in [3.63, 3.8) is 0 Å². The van der Waals surface area contributed by atoms with E-state index in [1.54, 1.807) is 43.3 Å². The van der Waals surface area contributed by atoms with Crippen LogP contribution in [0.3, 0.4) is 0 Å². The van der Waals surface area contributed by atoms with Gasteiger partial charge in [0, 0.05) is 10.0 Å². The first kappa shape index (κ1) is 13.6. The van der Waals surface area contributed by atoms with Gasteiger partial charge in [0.15, 0.2) is 0 Å². The summed E-state index contributed by atoms with van der Waals surface area (Å²) in [6.07, 6.45) is -0.651. The Morgan fingerprint density at radius 1 is 1.21 bits per heavy atom. The van der Waals surface area contributed by atoms with Gasteiger partial charge in [0.05, 0.1) is 11.7 Å². The largest absolute Gasteiger partial charge is 0.456 e. The molecule has 0 aromatic heterocycles. The fraction of sp³-hybridized carbons (Fsp3) is 0.133. The summed E-state index contributed by atoms with van der Waals surface area (Å²) >= 11 is 3.36. The molecule has 2 aromatic carbocycles. The monoisotopic (exact) mass is 317 g/mol. The third-order valence-electron chi connectivity index (χ3n) is 2.65. The number of hydrogen-bond donors (Lipinski definition) is 1. The van der Waals surface area contributed by atoms with Gasteiger partial charge in [0.1, 0.15) is 17.6 Å². The summed E-state index contributed by atoms with van der Waals surface area (Å²) in [6, 6.07) is 14.5. The minimum atomic E-state index is -0.651. The maximum atomic E-state index is 9.77. The van der Waals surface area contributed by atoms with Crippen LogP contribution in [0.25, 0.3) is 0 Å². The summed E-state index contributed by atoms with van der Waals surface area (Å²) in [5.74, 6) is 1.02. The van der Waals surface area contributed by atoms with Crippen molar-refractivity contribution < 1.29 is 9.84 Å². The van der Waals surface area contributed by atoms with Crippen molar-refractivity contribution in [2.24, 2.45) is 0 Å². The van der Waals surface area contributed by atoms with Gasteiger partial charge in [-0.2, -0.15) is 5.26 Å². The lowest BCUT2D eigenvalue weighted by Crippen LogP contribution is -1.97. The number of para-hydroxylation sites is 1. The van der Waals surface area contributed by atoms with Crippen LogP contribution in [-0.4, -0.2) is 5.11 Å². The Hall–Kier alpha value is -1.83. The van der Waals surface area contributed by atoms with Crippen molar-refractivity contribution in [2.75, 3.05) is 0 Å². The number of nitrogens with zero attached hydrogens (tertiary/aromatic N) is 1. The summed E-state index contributed by atoms with van der Waals surface area (Å²) in [6.45, 7) is 1.67. The smallest absolute Gasteiger partial charge is 0.145 e. The Morgan fingerprint density at radius 3 is 2.63 bits per heavy atom. The molecule has 1 N–H and O–H groups in total. The molecule has 0 aliphatic heterocycles. The van der Waals surface area contributed by atoms with E-state index in [1.165, 1.54) is 0 Å². The number of rotatable bonds is 3. The van der Waals surface area contributed by atoms with Gasteiger partial charge in [0.2, 0.25) is 0 Å². The first-order valence-electron chi connectivity index (χ1n) is 5.76. The second-order valence-electron chi connectivity index (χ2n) is 4.07. The zero-order valence-corrected chi connectivity index (χ0v) is 11.9. The lowest BCUT2D eigenvalue weighted by molar-refractivity contribution is 0.195. The molecule has 19 heavy (non-hydrogen) atoms. The summed E-state index contributed by atoms with van der Waals surface area (Å²) in [4.78, 5) is 0. The zero-order valence-electron chi connectivity index (χ0n) is 10.3. The van der Waals surface area contributed by atoms with Crippen LogP contribution in [0.5, 0.6) is 11.5 Å². The summed E-state index contributed by atoms with van der Waals surface area (Å²) in [5.41, 5.74) is 1.13. The van der Waals surface area contributed by atoms with Gasteiger partial charge in [-0.3, -0.25) is 0 Å². The molecule has 0 spiro atoms. The van der Waals surface area contributed by atoms with Crippen molar-refractivity contribution in [1.82, 2.24) is 0 Å². The number of halogens is 1. The van der Waals surface area contributed by atoms with Gasteiger partial charge in [-0.1, -0.05) is 28.1 Å². The minimum absolute atomic E-state index is 0.460. The van der Waals surface area contributed by atoms with E-state index < -0.39 is 6.10 Å². The molecule has 0 aliphatic rings. The van der Waals surface area contributed by atoms with E-state index in [0.717, 1.165) is 4.47 Å². The van der Waals surface area contributed by atoms with Crippen molar-refractivity contribution in [2.45, 2.75) is 13.0 Å². The highest BCUT2D eigenvalue weighted by Crippen LogP contribution is 2.33. The van der Waals surface area contributed by atoms with Crippen LogP contribution in [0, 0.1) is 11.3 Å². The van der Waals surface area contributed by atoms with E-state index in [4.69, 9.17) is 10.00 Å². The number of aliphatic hydroxyl groups is 1. The molecule has 1 unspecified atom stereocenters. The van der Waals surface area contributed by atoms with Crippen LogP contribution in [0.15, 0.2) is 46.9 Å². The number of benzene rings is 2. The molecule has 0 amide bonds. The van der Waals surface area contributed by atoms with E-state index in [2.05, 4.69) is 22.0 Å². The second kappa shape index (κ2) is 5.87. The van der Waals surface area contributed by atoms with Crippen LogP contribution < -0.4 is 4.74 Å². The fourth-order valence-electron chi connectivity index (χ4n) is 1.71. The molecule has 0 heterocycles. The van der Waals surface area contributed by atoms with E-state index in [0.29, 0.717) is 22.6 Å². The quantitative estimate of drug-likeness (QED) is 0.924. The fourth-order valence-corrected chi connectivity index (χ4v) is 2.08. The van der Waals surface area contributed by atoms with Crippen LogP contribution in [0.4, 0.5) is 0 Å². The summed E-state index contributed by atoms with van der Waals surface area (Å²) in [7, 11) is 0. The Balaban J connectivity index is 2.41. The van der Waals surface area contributed by atoms with Crippen LogP contribution in [0.1, 0.15) is 24.2 Å². The van der Waals surface area contributed by atoms with Crippen molar-refractivity contribution in [1.29, 1.82) is 5.26 Å². The molecule has 0 fully saturated rings. The molecule has 0 saturated heterocycles. The lowest BCUT2D eigenvalue weighted by atomic mass is 10.1. The van der Waals surface area contributed by atoms with Crippen molar-refractivity contribution >= 4 is 15.9 Å². The average molecular weight is 318 g/mol. The zero-order chi connectivity index (χ0) is 13.8. The molecule has 0 bridgehead atoms. The summed E-state index contributed by atoms with van der Waals surface area (Å²) in [5, 5.41) is 18.8. The predicted molar refractivity (Wildman–Crippen MR) is 76.0 cm³/mol. The first-order chi connectivity index (χ1) is 9.11. The Kier molecular flexibility index (Phi) is 4.20. The van der Waals surface area contributed by atoms with E-state index in [-0.39, 0.29) is 0 Å². The Bertz CT molecular complexity index is 632. The highest BCUT2D eigenvalue weighted by Gasteiger charge is 2.12. The molecular formula is C15H12BrNO2. The lowest BCUT2D eigenvalue weighted by Gasteiger charge is -2.14. The third-order valence-corrected chi connectivity index (χ3v) is 3.14. The molecule has 1 atom stereocenters. The van der Waals surface area contributed by atoms with E-state index in [9.17, 15) is 5.11 Å². The SMILES string of the molecule is CC(O)c1cc(Br)ccc1Oc1ccccc1C#N. The maximum Gasteiger partial charge on any atom is 0.145 e. The molecule has 0 radical (unpaired) electrons. The minimum Gasteiger partial charge on any atom is -0.456 e. The Labute approximate surface area is 120 Å². The average Bonchev–Trinajstić information content (AvgIpc) is 2.41. The highest BCUT2D eigenvalue weighted by molar-refractivity contribution is 9.10. The first-order valence-corrected chi connectivity index (χ1v) is 6.55. The second-order valence-corrected chi connectivity index (χ2v) is 4.98. The summed E-state index contributed by atoms with van der Waals surface area (Å²) < 4.78 is 6.61. The number of nitriles is 1. The van der Waals surface area contributed by atoms with E-state index in [1.807, 2.05) is 6.07 Å². The number of aliphatic hydroxyl groups excluding tert-OH is 1. The third kappa shape index (κ3) is 3.14. The molecule has 96 valence electrons. The van der Waals surface area contributed by atoms with Crippen molar-refractivity contribution in [3.8, 4) is 17.6 Å². The number of hydrogen-bond acceptors (Lipinski definition) is 3. The van der Waals surface area contributed by atoms with Gasteiger partial charge < -0.3 is 9.84 Å². The van der Waals surface area contributed by atoms with Crippen molar-refractivity contribution in [3.05, 3.63) is 58.1 Å². The molecule has 0 aliphatic carbocycles. The standard InChI is InChI=1S/C15H12BrNO2/c1-10(18)13-8-12(16)6-7-15(13)19-14-5-3-2-4-11(14)9-17/h2-8,10,18H,1H3. The molecule has 0 saturated carbocycles. The van der Waals surface area contributed by atoms with Gasteiger partial charge in [-0.15, -0.1) is 0 Å². The van der Waals surface area contributed by atoms with Gasteiger partial charge in [0.25, 0.3) is 0 Å². The predicted octanol–water partition coefficient (Wildman–Crippen LogP) is 4.17. The van der Waals surface area contributed by atoms with Crippen LogP contribution in [-0.2, 0) is 0 Å². The van der Waals surface area contributed by atoms with E-state index >= 15 is 0 Å². The van der Waals surface area contributed by atoms with Gasteiger partial charge in [-0.25, -0.2) is 0 Å². The molecular weight excluding hydrogens is 306 g/mol. The molecule has 4 heteroatoms.